The van der Waals surface area contributed by atoms with Crippen LogP contribution in [0.1, 0.15) is 19.4 Å². The molecule has 4 nitrogen and oxygen atoms in total. The van der Waals surface area contributed by atoms with Gasteiger partial charge in [0.1, 0.15) is 5.69 Å². The molecule has 2 heterocycles. The van der Waals surface area contributed by atoms with Crippen LogP contribution in [0, 0.1) is 0 Å². The lowest BCUT2D eigenvalue weighted by Gasteiger charge is -2.22. The van der Waals surface area contributed by atoms with Crippen molar-refractivity contribution in [3.05, 3.63) is 48.2 Å². The van der Waals surface area contributed by atoms with Gasteiger partial charge in [0.25, 0.3) is 0 Å². The van der Waals surface area contributed by atoms with E-state index in [0.717, 1.165) is 22.6 Å². The average Bonchev–Trinajstić information content (AvgIpc) is 2.91. The van der Waals surface area contributed by atoms with Crippen molar-refractivity contribution in [1.29, 1.82) is 0 Å². The van der Waals surface area contributed by atoms with E-state index < -0.39 is 0 Å². The number of hydrogen-bond donors (Lipinski definition) is 2. The fourth-order valence-corrected chi connectivity index (χ4v) is 2.17. The van der Waals surface area contributed by atoms with E-state index in [2.05, 4.69) is 47.0 Å². The zero-order valence-electron chi connectivity index (χ0n) is 11.7. The van der Waals surface area contributed by atoms with E-state index in [-0.39, 0.29) is 5.41 Å². The summed E-state index contributed by atoms with van der Waals surface area (Å²) in [6.07, 6.45) is 1.77. The lowest BCUT2D eigenvalue weighted by atomic mass is 9.85. The molecule has 0 saturated carbocycles. The van der Waals surface area contributed by atoms with Crippen LogP contribution in [-0.2, 0) is 5.41 Å². The summed E-state index contributed by atoms with van der Waals surface area (Å²) < 4.78 is 0. The van der Waals surface area contributed by atoms with E-state index in [4.69, 9.17) is 5.73 Å². The number of H-pyrrole nitrogens is 1. The Hall–Kier alpha value is -2.20. The van der Waals surface area contributed by atoms with Gasteiger partial charge in [0.2, 0.25) is 0 Å². The summed E-state index contributed by atoms with van der Waals surface area (Å²) in [6, 6.07) is 12.1. The molecule has 0 saturated heterocycles. The number of pyridine rings is 1. The summed E-state index contributed by atoms with van der Waals surface area (Å²) in [7, 11) is 0. The zero-order chi connectivity index (χ0) is 14.2. The zero-order valence-corrected chi connectivity index (χ0v) is 11.7. The largest absolute Gasteiger partial charge is 0.337 e. The SMILES string of the molecule is CC(C)(CN)c1ccc2[nH]c(-c3ccccn3)nc2c1. The number of imidazole rings is 1. The number of aromatic amines is 1. The van der Waals surface area contributed by atoms with Gasteiger partial charge in [0.05, 0.1) is 11.0 Å². The number of nitrogens with two attached hydrogens (primary N) is 1. The number of benzene rings is 1. The third kappa shape index (κ3) is 2.18. The van der Waals surface area contributed by atoms with E-state index in [1.165, 1.54) is 5.56 Å². The second-order valence-corrected chi connectivity index (χ2v) is 5.62. The van der Waals surface area contributed by atoms with E-state index in [1.807, 2.05) is 18.2 Å². The van der Waals surface area contributed by atoms with Crippen LogP contribution < -0.4 is 5.73 Å². The Balaban J connectivity index is 2.09. The second kappa shape index (κ2) is 4.72. The van der Waals surface area contributed by atoms with Crippen molar-refractivity contribution < 1.29 is 0 Å². The Bertz CT molecular complexity index is 729. The van der Waals surface area contributed by atoms with Gasteiger partial charge in [-0.2, -0.15) is 0 Å². The summed E-state index contributed by atoms with van der Waals surface area (Å²) in [6.45, 7) is 4.89. The predicted molar refractivity (Wildman–Crippen MR) is 81.4 cm³/mol. The number of nitrogens with zero attached hydrogens (tertiary/aromatic N) is 2. The van der Waals surface area contributed by atoms with Gasteiger partial charge in [-0.05, 0) is 29.8 Å². The maximum absolute atomic E-state index is 5.84. The molecule has 0 atom stereocenters. The molecule has 1 aromatic carbocycles. The van der Waals surface area contributed by atoms with Crippen molar-refractivity contribution >= 4 is 11.0 Å². The summed E-state index contributed by atoms with van der Waals surface area (Å²) in [5, 5.41) is 0. The molecule has 20 heavy (non-hydrogen) atoms. The minimum absolute atomic E-state index is 0.0434. The van der Waals surface area contributed by atoms with E-state index >= 15 is 0 Å². The maximum Gasteiger partial charge on any atom is 0.157 e. The normalized spacial score (nSPS) is 11.9. The molecule has 102 valence electrons. The van der Waals surface area contributed by atoms with Crippen LogP contribution in [0.15, 0.2) is 42.6 Å². The van der Waals surface area contributed by atoms with Crippen molar-refractivity contribution in [1.82, 2.24) is 15.0 Å². The van der Waals surface area contributed by atoms with Crippen LogP contribution in [-0.4, -0.2) is 21.5 Å². The van der Waals surface area contributed by atoms with Crippen LogP contribution in [0.5, 0.6) is 0 Å². The first-order chi connectivity index (χ1) is 9.60. The first-order valence-corrected chi connectivity index (χ1v) is 6.72. The van der Waals surface area contributed by atoms with Crippen molar-refractivity contribution in [2.75, 3.05) is 6.54 Å². The fraction of sp³-hybridized carbons (Fsp3) is 0.250. The van der Waals surface area contributed by atoms with Gasteiger partial charge >= 0.3 is 0 Å². The van der Waals surface area contributed by atoms with Crippen molar-refractivity contribution in [3.63, 3.8) is 0 Å². The average molecular weight is 266 g/mol. The molecule has 0 aliphatic carbocycles. The van der Waals surface area contributed by atoms with Gasteiger partial charge in [0.15, 0.2) is 5.82 Å². The number of hydrogen-bond acceptors (Lipinski definition) is 3. The molecule has 2 aromatic heterocycles. The number of fused-ring (bicyclic) bond motifs is 1. The van der Waals surface area contributed by atoms with Gasteiger partial charge in [-0.1, -0.05) is 26.0 Å². The van der Waals surface area contributed by atoms with E-state index in [9.17, 15) is 0 Å². The maximum atomic E-state index is 5.84. The molecular formula is C16H18N4. The topological polar surface area (TPSA) is 67.6 Å². The second-order valence-electron chi connectivity index (χ2n) is 5.62. The Morgan fingerprint density at radius 3 is 2.75 bits per heavy atom. The highest BCUT2D eigenvalue weighted by Gasteiger charge is 2.19. The van der Waals surface area contributed by atoms with Gasteiger partial charge in [-0.15, -0.1) is 0 Å². The Morgan fingerprint density at radius 1 is 1.20 bits per heavy atom. The summed E-state index contributed by atoms with van der Waals surface area (Å²) in [5.41, 5.74) is 9.81. The molecule has 0 spiro atoms. The molecule has 0 aliphatic rings. The van der Waals surface area contributed by atoms with Crippen LogP contribution in [0.4, 0.5) is 0 Å². The summed E-state index contributed by atoms with van der Waals surface area (Å²) in [5.74, 6) is 0.795. The van der Waals surface area contributed by atoms with Crippen LogP contribution >= 0.6 is 0 Å². The fourth-order valence-electron chi connectivity index (χ4n) is 2.17. The Kier molecular flexibility index (Phi) is 3.03. The molecule has 0 amide bonds. The molecule has 3 N–H and O–H groups in total. The Morgan fingerprint density at radius 2 is 2.05 bits per heavy atom. The van der Waals surface area contributed by atoms with Gasteiger partial charge in [-0.25, -0.2) is 4.98 Å². The van der Waals surface area contributed by atoms with Crippen molar-refractivity contribution in [2.45, 2.75) is 19.3 Å². The lowest BCUT2D eigenvalue weighted by Crippen LogP contribution is -2.27. The van der Waals surface area contributed by atoms with E-state index in [1.54, 1.807) is 6.20 Å². The quantitative estimate of drug-likeness (QED) is 0.766. The molecular weight excluding hydrogens is 248 g/mol. The number of nitrogens with one attached hydrogen (secondary N) is 1. The minimum atomic E-state index is -0.0434. The highest BCUT2D eigenvalue weighted by Crippen LogP contribution is 2.26. The Labute approximate surface area is 118 Å². The molecule has 0 radical (unpaired) electrons. The van der Waals surface area contributed by atoms with Crippen LogP contribution in [0.25, 0.3) is 22.6 Å². The first-order valence-electron chi connectivity index (χ1n) is 6.72. The third-order valence-electron chi connectivity index (χ3n) is 3.68. The smallest absolute Gasteiger partial charge is 0.157 e. The molecule has 0 unspecified atom stereocenters. The monoisotopic (exact) mass is 266 g/mol. The molecule has 0 aliphatic heterocycles. The molecule has 3 rings (SSSR count). The van der Waals surface area contributed by atoms with Crippen LogP contribution in [0.2, 0.25) is 0 Å². The number of aromatic nitrogens is 3. The predicted octanol–water partition coefficient (Wildman–Crippen LogP) is 2.86. The van der Waals surface area contributed by atoms with Crippen LogP contribution in [0.3, 0.4) is 0 Å². The highest BCUT2D eigenvalue weighted by atomic mass is 14.9. The summed E-state index contributed by atoms with van der Waals surface area (Å²) >= 11 is 0. The number of rotatable bonds is 3. The lowest BCUT2D eigenvalue weighted by molar-refractivity contribution is 0.539. The highest BCUT2D eigenvalue weighted by molar-refractivity contribution is 5.79. The van der Waals surface area contributed by atoms with Gasteiger partial charge in [0, 0.05) is 18.2 Å². The van der Waals surface area contributed by atoms with Crippen molar-refractivity contribution in [3.8, 4) is 11.5 Å². The van der Waals surface area contributed by atoms with E-state index in [0.29, 0.717) is 6.54 Å². The molecule has 0 bridgehead atoms. The standard InChI is InChI=1S/C16H18N4/c1-16(2,10-17)11-6-7-12-14(9-11)20-15(19-12)13-5-3-4-8-18-13/h3-9H,10,17H2,1-2H3,(H,19,20). The summed E-state index contributed by atoms with van der Waals surface area (Å²) in [4.78, 5) is 12.3. The van der Waals surface area contributed by atoms with Crippen molar-refractivity contribution in [2.24, 2.45) is 5.73 Å². The third-order valence-corrected chi connectivity index (χ3v) is 3.68. The van der Waals surface area contributed by atoms with Gasteiger partial charge < -0.3 is 10.7 Å². The van der Waals surface area contributed by atoms with Gasteiger partial charge in [-0.3, -0.25) is 4.98 Å². The minimum Gasteiger partial charge on any atom is -0.337 e. The first kappa shape index (κ1) is 12.8. The molecule has 0 fully saturated rings. The molecule has 3 aromatic rings. The molecule has 4 heteroatoms.